The maximum atomic E-state index is 11.1. The Balaban J connectivity index is 2.82. The van der Waals surface area contributed by atoms with Crippen LogP contribution >= 0.6 is 0 Å². The molecule has 2 N–H and O–H groups in total. The fourth-order valence-electron chi connectivity index (χ4n) is 1.78. The van der Waals surface area contributed by atoms with Gasteiger partial charge in [0.15, 0.2) is 6.61 Å². The van der Waals surface area contributed by atoms with Crippen LogP contribution in [0.5, 0.6) is 5.75 Å². The van der Waals surface area contributed by atoms with Crippen LogP contribution in [-0.2, 0) is 11.3 Å². The van der Waals surface area contributed by atoms with E-state index in [1.165, 1.54) is 5.56 Å². The van der Waals surface area contributed by atoms with Crippen molar-refractivity contribution in [2.24, 2.45) is 0 Å². The highest BCUT2D eigenvalue weighted by atomic mass is 16.5. The van der Waals surface area contributed by atoms with Gasteiger partial charge in [-0.05, 0) is 37.6 Å². The van der Waals surface area contributed by atoms with Gasteiger partial charge in [-0.15, -0.1) is 0 Å². The van der Waals surface area contributed by atoms with Gasteiger partial charge < -0.3 is 15.4 Å². The molecule has 0 aliphatic carbocycles. The molecule has 0 radical (unpaired) electrons. The Kier molecular flexibility index (Phi) is 4.97. The van der Waals surface area contributed by atoms with Gasteiger partial charge in [0.05, 0.1) is 0 Å². The second-order valence-corrected chi connectivity index (χ2v) is 4.05. The van der Waals surface area contributed by atoms with Gasteiger partial charge in [-0.1, -0.05) is 12.1 Å². The van der Waals surface area contributed by atoms with Crippen molar-refractivity contribution >= 4 is 5.91 Å². The molecule has 4 nitrogen and oxygen atoms in total. The molecule has 0 unspecified atom stereocenters. The molecule has 1 amide bonds. The first-order chi connectivity index (χ1) is 8.08. The Bertz CT molecular complexity index is 379. The molecule has 0 aliphatic rings. The van der Waals surface area contributed by atoms with Gasteiger partial charge >= 0.3 is 0 Å². The molecule has 0 bridgehead atoms. The van der Waals surface area contributed by atoms with E-state index in [1.807, 2.05) is 20.9 Å². The number of nitrogens with one attached hydrogen (secondary N) is 2. The van der Waals surface area contributed by atoms with Gasteiger partial charge in [0.2, 0.25) is 0 Å². The molecule has 0 saturated carbocycles. The number of likely N-dealkylation sites (N-methyl/N-ethyl adjacent to an activating group) is 1. The van der Waals surface area contributed by atoms with E-state index in [9.17, 15) is 4.79 Å². The fourth-order valence-corrected chi connectivity index (χ4v) is 1.78. The first-order valence-electron chi connectivity index (χ1n) is 5.66. The number of amides is 1. The van der Waals surface area contributed by atoms with Crippen molar-refractivity contribution in [3.8, 4) is 5.75 Å². The highest BCUT2D eigenvalue weighted by Crippen LogP contribution is 2.24. The van der Waals surface area contributed by atoms with E-state index in [4.69, 9.17) is 4.74 Å². The average Bonchev–Trinajstić information content (AvgIpc) is 2.28. The number of carbonyl (C=O) groups is 1. The van der Waals surface area contributed by atoms with Crippen LogP contribution < -0.4 is 15.4 Å². The molecule has 0 aromatic heterocycles. The minimum Gasteiger partial charge on any atom is -0.483 e. The minimum atomic E-state index is -0.122. The largest absolute Gasteiger partial charge is 0.483 e. The Morgan fingerprint density at radius 2 is 1.82 bits per heavy atom. The molecule has 0 atom stereocenters. The van der Waals surface area contributed by atoms with Crippen LogP contribution in [0.15, 0.2) is 12.1 Å². The predicted octanol–water partition coefficient (Wildman–Crippen LogP) is 1.15. The predicted molar refractivity (Wildman–Crippen MR) is 68.2 cm³/mol. The van der Waals surface area contributed by atoms with E-state index in [2.05, 4.69) is 22.8 Å². The second-order valence-electron chi connectivity index (χ2n) is 4.05. The summed E-state index contributed by atoms with van der Waals surface area (Å²) in [5.41, 5.74) is 3.33. The summed E-state index contributed by atoms with van der Waals surface area (Å²) in [5.74, 6) is 0.677. The normalized spacial score (nSPS) is 10.1. The van der Waals surface area contributed by atoms with Crippen LogP contribution in [0.2, 0.25) is 0 Å². The monoisotopic (exact) mass is 236 g/mol. The quantitative estimate of drug-likeness (QED) is 0.806. The van der Waals surface area contributed by atoms with Gasteiger partial charge in [0, 0.05) is 13.6 Å². The molecule has 0 spiro atoms. The SMILES string of the molecule is CNCc1cc(C)c(OCC(=O)NC)c(C)c1. The lowest BCUT2D eigenvalue weighted by Gasteiger charge is -2.13. The molecule has 17 heavy (non-hydrogen) atoms. The second kappa shape index (κ2) is 6.25. The number of benzene rings is 1. The minimum absolute atomic E-state index is 0.0591. The first-order valence-corrected chi connectivity index (χ1v) is 5.66. The molecule has 1 rings (SSSR count). The fraction of sp³-hybridized carbons (Fsp3) is 0.462. The van der Waals surface area contributed by atoms with Crippen molar-refractivity contribution in [2.45, 2.75) is 20.4 Å². The molecule has 1 aromatic rings. The summed E-state index contributed by atoms with van der Waals surface area (Å²) in [7, 11) is 3.52. The van der Waals surface area contributed by atoms with Crippen LogP contribution in [0.3, 0.4) is 0 Å². The third-order valence-corrected chi connectivity index (χ3v) is 2.53. The van der Waals surface area contributed by atoms with Crippen LogP contribution in [0.1, 0.15) is 16.7 Å². The zero-order chi connectivity index (χ0) is 12.8. The molecule has 1 aromatic carbocycles. The topological polar surface area (TPSA) is 50.4 Å². The van der Waals surface area contributed by atoms with E-state index >= 15 is 0 Å². The number of ether oxygens (including phenoxy) is 1. The molecule has 0 heterocycles. The van der Waals surface area contributed by atoms with Crippen LogP contribution in [0, 0.1) is 13.8 Å². The van der Waals surface area contributed by atoms with Gasteiger partial charge in [-0.25, -0.2) is 0 Å². The third kappa shape index (κ3) is 3.75. The lowest BCUT2D eigenvalue weighted by Crippen LogP contribution is -2.25. The third-order valence-electron chi connectivity index (χ3n) is 2.53. The standard InChI is InChI=1S/C13H20N2O2/c1-9-5-11(7-14-3)6-10(2)13(9)17-8-12(16)15-4/h5-6,14H,7-8H2,1-4H3,(H,15,16). The van der Waals surface area contributed by atoms with E-state index < -0.39 is 0 Å². The molecule has 0 saturated heterocycles. The summed E-state index contributed by atoms with van der Waals surface area (Å²) in [5, 5.41) is 5.64. The highest BCUT2D eigenvalue weighted by Gasteiger charge is 2.08. The van der Waals surface area contributed by atoms with Gasteiger partial charge in [0.1, 0.15) is 5.75 Å². The average molecular weight is 236 g/mol. The van der Waals surface area contributed by atoms with Crippen molar-refractivity contribution in [3.63, 3.8) is 0 Å². The first kappa shape index (κ1) is 13.5. The maximum Gasteiger partial charge on any atom is 0.257 e. The molecule has 4 heteroatoms. The zero-order valence-electron chi connectivity index (χ0n) is 10.9. The summed E-state index contributed by atoms with van der Waals surface area (Å²) >= 11 is 0. The van der Waals surface area contributed by atoms with Crippen LogP contribution in [0.4, 0.5) is 0 Å². The van der Waals surface area contributed by atoms with Crippen LogP contribution in [0.25, 0.3) is 0 Å². The van der Waals surface area contributed by atoms with Gasteiger partial charge in [0.25, 0.3) is 5.91 Å². The number of aryl methyl sites for hydroxylation is 2. The molecule has 94 valence electrons. The zero-order valence-corrected chi connectivity index (χ0v) is 10.9. The number of rotatable bonds is 5. The van der Waals surface area contributed by atoms with Crippen molar-refractivity contribution in [1.29, 1.82) is 0 Å². The highest BCUT2D eigenvalue weighted by molar-refractivity contribution is 5.77. The maximum absolute atomic E-state index is 11.1. The molecule has 0 aliphatic heterocycles. The van der Waals surface area contributed by atoms with E-state index in [0.717, 1.165) is 23.4 Å². The van der Waals surface area contributed by atoms with Crippen molar-refractivity contribution < 1.29 is 9.53 Å². The van der Waals surface area contributed by atoms with Crippen molar-refractivity contribution in [2.75, 3.05) is 20.7 Å². The van der Waals surface area contributed by atoms with Gasteiger partial charge in [-0.2, -0.15) is 0 Å². The number of hydrogen-bond donors (Lipinski definition) is 2. The van der Waals surface area contributed by atoms with Crippen molar-refractivity contribution in [1.82, 2.24) is 10.6 Å². The summed E-state index contributed by atoms with van der Waals surface area (Å²) in [6.45, 7) is 4.87. The number of carbonyl (C=O) groups excluding carboxylic acids is 1. The summed E-state index contributed by atoms with van der Waals surface area (Å²) in [4.78, 5) is 11.1. The Morgan fingerprint density at radius 3 is 2.29 bits per heavy atom. The van der Waals surface area contributed by atoms with E-state index in [0.29, 0.717) is 0 Å². The Morgan fingerprint density at radius 1 is 1.24 bits per heavy atom. The van der Waals surface area contributed by atoms with E-state index in [-0.39, 0.29) is 12.5 Å². The number of hydrogen-bond acceptors (Lipinski definition) is 3. The summed E-state index contributed by atoms with van der Waals surface area (Å²) < 4.78 is 5.52. The Hall–Kier alpha value is -1.55. The van der Waals surface area contributed by atoms with E-state index in [1.54, 1.807) is 7.05 Å². The van der Waals surface area contributed by atoms with Gasteiger partial charge in [-0.3, -0.25) is 4.79 Å². The van der Waals surface area contributed by atoms with Crippen LogP contribution in [-0.4, -0.2) is 26.6 Å². The lowest BCUT2D eigenvalue weighted by molar-refractivity contribution is -0.122. The summed E-state index contributed by atoms with van der Waals surface area (Å²) in [6.07, 6.45) is 0. The smallest absolute Gasteiger partial charge is 0.257 e. The Labute approximate surface area is 102 Å². The van der Waals surface area contributed by atoms with Crippen molar-refractivity contribution in [3.05, 3.63) is 28.8 Å². The summed E-state index contributed by atoms with van der Waals surface area (Å²) in [6, 6.07) is 4.14. The molecular formula is C13H20N2O2. The lowest BCUT2D eigenvalue weighted by atomic mass is 10.1. The molecular weight excluding hydrogens is 216 g/mol. The molecule has 0 fully saturated rings.